The summed E-state index contributed by atoms with van der Waals surface area (Å²) in [6.45, 7) is 0.414. The third kappa shape index (κ3) is 3.74. The van der Waals surface area contributed by atoms with Gasteiger partial charge in [0.05, 0.1) is 15.0 Å². The van der Waals surface area contributed by atoms with Crippen LogP contribution in [0.3, 0.4) is 0 Å². The summed E-state index contributed by atoms with van der Waals surface area (Å²) in [7, 11) is 1.62. The van der Waals surface area contributed by atoms with E-state index < -0.39 is 5.82 Å². The average molecular weight is 319 g/mol. The Morgan fingerprint density at radius 1 is 1.59 bits per heavy atom. The fourth-order valence-corrected chi connectivity index (χ4v) is 1.78. The smallest absolute Gasteiger partial charge is 0.254 e. The highest BCUT2D eigenvalue weighted by Crippen LogP contribution is 2.21. The van der Waals surface area contributed by atoms with Gasteiger partial charge in [-0.1, -0.05) is 18.3 Å². The zero-order chi connectivity index (χ0) is 13.0. The Bertz CT molecular complexity index is 453. The summed E-state index contributed by atoms with van der Waals surface area (Å²) in [6, 6.07) is 4.34. The molecule has 2 N–H and O–H groups in total. The Hall–Kier alpha value is -1.01. The van der Waals surface area contributed by atoms with E-state index in [0.717, 1.165) is 0 Å². The van der Waals surface area contributed by atoms with Gasteiger partial charge in [0.1, 0.15) is 5.82 Å². The van der Waals surface area contributed by atoms with Crippen LogP contribution in [-0.2, 0) is 0 Å². The first kappa shape index (κ1) is 14.1. The predicted molar refractivity (Wildman–Crippen MR) is 72.5 cm³/mol. The highest BCUT2D eigenvalue weighted by atomic mass is 79.9. The molecule has 1 rings (SSSR count). The average Bonchev–Trinajstić information content (AvgIpc) is 2.28. The molecule has 0 radical (unpaired) electrons. The van der Waals surface area contributed by atoms with E-state index in [-0.39, 0.29) is 15.9 Å². The van der Waals surface area contributed by atoms with E-state index in [0.29, 0.717) is 18.0 Å². The predicted octanol–water partition coefficient (Wildman–Crippen LogP) is 2.34. The molecule has 1 aromatic rings. The minimum absolute atomic E-state index is 0.173. The van der Waals surface area contributed by atoms with Gasteiger partial charge < -0.3 is 10.6 Å². The van der Waals surface area contributed by atoms with Gasteiger partial charge in [0.25, 0.3) is 5.91 Å². The first-order valence-electron chi connectivity index (χ1n) is 4.91. The number of nitrogens with zero attached hydrogens (tertiary/aromatic N) is 1. The van der Waals surface area contributed by atoms with Crippen LogP contribution in [0.4, 0.5) is 4.39 Å². The molecule has 0 fully saturated rings. The summed E-state index contributed by atoms with van der Waals surface area (Å²) in [6.07, 6.45) is 0.449. The molecule has 0 saturated carbocycles. The lowest BCUT2D eigenvalue weighted by Gasteiger charge is -2.17. The second kappa shape index (κ2) is 6.07. The quantitative estimate of drug-likeness (QED) is 0.867. The summed E-state index contributed by atoms with van der Waals surface area (Å²) in [5, 5.41) is 0. The van der Waals surface area contributed by atoms with Crippen LogP contribution in [0, 0.1) is 5.82 Å². The Kier molecular flexibility index (Phi) is 5.02. The fraction of sp³-hybridized carbons (Fsp3) is 0.273. The molecule has 0 bridgehead atoms. The molecule has 0 spiro atoms. The van der Waals surface area contributed by atoms with Gasteiger partial charge in [0.2, 0.25) is 0 Å². The van der Waals surface area contributed by atoms with Crippen LogP contribution in [0.15, 0.2) is 22.7 Å². The van der Waals surface area contributed by atoms with E-state index in [1.54, 1.807) is 13.1 Å². The normalized spacial score (nSPS) is 10.1. The molecule has 6 heteroatoms. The Labute approximate surface area is 113 Å². The van der Waals surface area contributed by atoms with Crippen molar-refractivity contribution in [3.05, 3.63) is 34.1 Å². The number of hydrogen-bond acceptors (Lipinski definition) is 2. The number of hydrogen-bond donors (Lipinski definition) is 1. The van der Waals surface area contributed by atoms with Crippen molar-refractivity contribution in [2.45, 2.75) is 6.42 Å². The van der Waals surface area contributed by atoms with Crippen LogP contribution in [0.1, 0.15) is 16.8 Å². The third-order valence-electron chi connectivity index (χ3n) is 2.22. The Morgan fingerprint density at radius 2 is 2.24 bits per heavy atom. The number of nitrogens with two attached hydrogens (primary N) is 1. The molecule has 0 saturated heterocycles. The second-order valence-corrected chi connectivity index (χ2v) is 4.86. The van der Waals surface area contributed by atoms with Crippen molar-refractivity contribution in [3.8, 4) is 0 Å². The van der Waals surface area contributed by atoms with Crippen molar-refractivity contribution < 1.29 is 9.18 Å². The number of carbonyl (C=O) groups is 1. The maximum atomic E-state index is 13.3. The molecule has 1 aromatic carbocycles. The minimum atomic E-state index is -0.460. The molecule has 0 unspecified atom stereocenters. The molecular formula is C11H12BrFN2OS. The number of halogens is 2. The molecule has 0 aliphatic heterocycles. The number of thiocarbonyl (C=S) groups is 1. The maximum absolute atomic E-state index is 13.3. The SMILES string of the molecule is CN(CCC(N)=S)C(=O)c1cccc(F)c1Br. The molecule has 0 heterocycles. The van der Waals surface area contributed by atoms with Crippen LogP contribution in [-0.4, -0.2) is 29.4 Å². The highest BCUT2D eigenvalue weighted by Gasteiger charge is 2.16. The van der Waals surface area contributed by atoms with Gasteiger partial charge in [0.15, 0.2) is 0 Å². The van der Waals surface area contributed by atoms with E-state index in [1.807, 2.05) is 0 Å². The van der Waals surface area contributed by atoms with Gasteiger partial charge in [0, 0.05) is 20.0 Å². The molecule has 3 nitrogen and oxygen atoms in total. The zero-order valence-electron chi connectivity index (χ0n) is 9.24. The molecule has 0 aliphatic carbocycles. The number of amides is 1. The largest absolute Gasteiger partial charge is 0.393 e. The first-order valence-corrected chi connectivity index (χ1v) is 6.11. The molecular weight excluding hydrogens is 307 g/mol. The van der Waals surface area contributed by atoms with Crippen LogP contribution >= 0.6 is 28.1 Å². The summed E-state index contributed by atoms with van der Waals surface area (Å²) < 4.78 is 13.4. The van der Waals surface area contributed by atoms with Crippen LogP contribution in [0.25, 0.3) is 0 Å². The van der Waals surface area contributed by atoms with Crippen LogP contribution in [0.2, 0.25) is 0 Å². The van der Waals surface area contributed by atoms with Crippen molar-refractivity contribution in [3.63, 3.8) is 0 Å². The van der Waals surface area contributed by atoms with E-state index in [2.05, 4.69) is 15.9 Å². The van der Waals surface area contributed by atoms with Crippen molar-refractivity contribution in [1.82, 2.24) is 4.90 Å². The zero-order valence-corrected chi connectivity index (χ0v) is 11.6. The monoisotopic (exact) mass is 318 g/mol. The van der Waals surface area contributed by atoms with Gasteiger partial charge in [-0.15, -0.1) is 0 Å². The van der Waals surface area contributed by atoms with Gasteiger partial charge in [-0.25, -0.2) is 4.39 Å². The lowest BCUT2D eigenvalue weighted by atomic mass is 10.2. The Morgan fingerprint density at radius 3 is 2.82 bits per heavy atom. The van der Waals surface area contributed by atoms with Gasteiger partial charge in [-0.2, -0.15) is 0 Å². The summed E-state index contributed by atoms with van der Waals surface area (Å²) in [5.74, 6) is -0.730. The summed E-state index contributed by atoms with van der Waals surface area (Å²) in [4.78, 5) is 13.8. The minimum Gasteiger partial charge on any atom is -0.393 e. The molecule has 17 heavy (non-hydrogen) atoms. The van der Waals surface area contributed by atoms with Crippen molar-refractivity contribution in [2.24, 2.45) is 5.73 Å². The first-order chi connectivity index (χ1) is 7.93. The topological polar surface area (TPSA) is 46.3 Å². The van der Waals surface area contributed by atoms with Crippen LogP contribution < -0.4 is 5.73 Å². The Balaban J connectivity index is 2.82. The molecule has 1 amide bonds. The fourth-order valence-electron chi connectivity index (χ4n) is 1.25. The molecule has 0 aromatic heterocycles. The highest BCUT2D eigenvalue weighted by molar-refractivity contribution is 9.10. The van der Waals surface area contributed by atoms with Gasteiger partial charge in [-0.3, -0.25) is 4.79 Å². The summed E-state index contributed by atoms with van der Waals surface area (Å²) >= 11 is 7.79. The lowest BCUT2D eigenvalue weighted by molar-refractivity contribution is 0.0797. The van der Waals surface area contributed by atoms with Gasteiger partial charge >= 0.3 is 0 Å². The molecule has 0 atom stereocenters. The number of carbonyl (C=O) groups excluding carboxylic acids is 1. The standard InChI is InChI=1S/C11H12BrFN2OS/c1-15(6-5-9(14)17)11(16)7-3-2-4-8(13)10(7)12/h2-4H,5-6H2,1H3,(H2,14,17). The van der Waals surface area contributed by atoms with E-state index in [4.69, 9.17) is 18.0 Å². The second-order valence-electron chi connectivity index (χ2n) is 3.54. The van der Waals surface area contributed by atoms with E-state index in [9.17, 15) is 9.18 Å². The lowest BCUT2D eigenvalue weighted by Crippen LogP contribution is -2.30. The van der Waals surface area contributed by atoms with Crippen molar-refractivity contribution in [2.75, 3.05) is 13.6 Å². The van der Waals surface area contributed by atoms with E-state index >= 15 is 0 Å². The number of benzene rings is 1. The van der Waals surface area contributed by atoms with Crippen molar-refractivity contribution in [1.29, 1.82) is 0 Å². The molecule has 92 valence electrons. The van der Waals surface area contributed by atoms with Crippen LogP contribution in [0.5, 0.6) is 0 Å². The summed E-state index contributed by atoms with van der Waals surface area (Å²) in [5.41, 5.74) is 5.65. The van der Waals surface area contributed by atoms with Gasteiger partial charge in [-0.05, 0) is 28.1 Å². The molecule has 0 aliphatic rings. The maximum Gasteiger partial charge on any atom is 0.254 e. The van der Waals surface area contributed by atoms with E-state index in [1.165, 1.54) is 17.0 Å². The third-order valence-corrected chi connectivity index (χ3v) is 3.23. The number of rotatable bonds is 4. The van der Waals surface area contributed by atoms with Crippen molar-refractivity contribution >= 4 is 39.0 Å².